The van der Waals surface area contributed by atoms with Crippen LogP contribution in [0.25, 0.3) is 0 Å². The van der Waals surface area contributed by atoms with Crippen molar-refractivity contribution in [1.29, 1.82) is 0 Å². The van der Waals surface area contributed by atoms with Gasteiger partial charge in [0.05, 0.1) is 18.9 Å². The van der Waals surface area contributed by atoms with E-state index in [0.717, 1.165) is 0 Å². The van der Waals surface area contributed by atoms with Gasteiger partial charge in [0.1, 0.15) is 17.5 Å². The lowest BCUT2D eigenvalue weighted by atomic mass is 10.0. The highest BCUT2D eigenvalue weighted by Gasteiger charge is 2.29. The minimum Gasteiger partial charge on any atom is -0.458 e. The number of rotatable bonds is 5. The second-order valence-electron chi connectivity index (χ2n) is 8.12. The molecular formula is C20H30FN3O4. The molecule has 1 aliphatic heterocycles. The maximum Gasteiger partial charge on any atom is 0.329 e. The number of morpholine rings is 1. The first-order valence-electron chi connectivity index (χ1n) is 9.49. The Balaban J connectivity index is 2.00. The zero-order valence-corrected chi connectivity index (χ0v) is 17.2. The monoisotopic (exact) mass is 395 g/mol. The van der Waals surface area contributed by atoms with Crippen molar-refractivity contribution in [2.45, 2.75) is 46.3 Å². The molecular weight excluding hydrogens is 365 g/mol. The lowest BCUT2D eigenvalue weighted by Gasteiger charge is -2.29. The third-order valence-electron chi connectivity index (χ3n) is 4.17. The fourth-order valence-corrected chi connectivity index (χ4v) is 2.82. The number of halogens is 1. The zero-order chi connectivity index (χ0) is 20.9. The molecule has 1 heterocycles. The summed E-state index contributed by atoms with van der Waals surface area (Å²) < 4.78 is 25.1. The number of carbonyl (C=O) groups excluding carboxylic acids is 2. The van der Waals surface area contributed by atoms with Crippen LogP contribution in [0.5, 0.6) is 0 Å². The summed E-state index contributed by atoms with van der Waals surface area (Å²) in [5, 5.41) is 5.19. The molecule has 0 aliphatic carbocycles. The van der Waals surface area contributed by atoms with Crippen LogP contribution in [0.3, 0.4) is 0 Å². The summed E-state index contributed by atoms with van der Waals surface area (Å²) in [6, 6.07) is 3.12. The predicted octanol–water partition coefficient (Wildman–Crippen LogP) is 3.15. The molecule has 1 atom stereocenters. The largest absolute Gasteiger partial charge is 0.458 e. The van der Waals surface area contributed by atoms with Crippen LogP contribution in [-0.2, 0) is 14.3 Å². The van der Waals surface area contributed by atoms with Crippen LogP contribution in [0, 0.1) is 11.7 Å². The molecule has 2 N–H and O–H groups in total. The van der Waals surface area contributed by atoms with E-state index in [-0.39, 0.29) is 5.92 Å². The second kappa shape index (κ2) is 9.23. The summed E-state index contributed by atoms with van der Waals surface area (Å²) >= 11 is 0. The van der Waals surface area contributed by atoms with Crippen LogP contribution in [0.2, 0.25) is 0 Å². The van der Waals surface area contributed by atoms with Crippen molar-refractivity contribution in [3.05, 3.63) is 24.0 Å². The Morgan fingerprint density at radius 3 is 2.39 bits per heavy atom. The Morgan fingerprint density at radius 2 is 1.86 bits per heavy atom. The van der Waals surface area contributed by atoms with Crippen LogP contribution in [0.4, 0.5) is 20.6 Å². The highest BCUT2D eigenvalue weighted by Crippen LogP contribution is 2.24. The maximum atomic E-state index is 14.5. The molecule has 0 bridgehead atoms. The molecule has 2 amide bonds. The van der Waals surface area contributed by atoms with Gasteiger partial charge in [-0.1, -0.05) is 13.8 Å². The normalized spacial score (nSPS) is 15.9. The summed E-state index contributed by atoms with van der Waals surface area (Å²) in [6.07, 6.45) is 0. The Bertz CT molecular complexity index is 697. The van der Waals surface area contributed by atoms with E-state index in [1.54, 1.807) is 32.9 Å². The average Bonchev–Trinajstić information content (AvgIpc) is 2.58. The molecule has 0 aromatic heterocycles. The molecule has 0 saturated carbocycles. The number of amides is 2. The third kappa shape index (κ3) is 6.37. The summed E-state index contributed by atoms with van der Waals surface area (Å²) in [5.41, 5.74) is 0.127. The van der Waals surface area contributed by atoms with Gasteiger partial charge in [0.15, 0.2) is 0 Å². The number of urea groups is 1. The van der Waals surface area contributed by atoms with Gasteiger partial charge < -0.3 is 25.0 Å². The van der Waals surface area contributed by atoms with Crippen molar-refractivity contribution in [2.75, 3.05) is 36.5 Å². The quantitative estimate of drug-likeness (QED) is 0.749. The van der Waals surface area contributed by atoms with E-state index in [1.165, 1.54) is 6.07 Å². The Labute approximate surface area is 165 Å². The lowest BCUT2D eigenvalue weighted by molar-refractivity contribution is -0.158. The van der Waals surface area contributed by atoms with Crippen LogP contribution < -0.4 is 15.5 Å². The molecule has 7 nitrogen and oxygen atoms in total. The van der Waals surface area contributed by atoms with E-state index in [2.05, 4.69) is 10.6 Å². The van der Waals surface area contributed by atoms with Gasteiger partial charge in [-0.05, 0) is 44.9 Å². The highest BCUT2D eigenvalue weighted by molar-refractivity contribution is 5.92. The number of anilines is 2. The number of nitrogens with zero attached hydrogens (tertiary/aromatic N) is 1. The smallest absolute Gasteiger partial charge is 0.329 e. The fourth-order valence-electron chi connectivity index (χ4n) is 2.82. The minimum absolute atomic E-state index is 0.166. The Hall–Kier alpha value is -2.35. The van der Waals surface area contributed by atoms with E-state index >= 15 is 0 Å². The van der Waals surface area contributed by atoms with Crippen molar-refractivity contribution in [2.24, 2.45) is 5.92 Å². The van der Waals surface area contributed by atoms with Crippen LogP contribution in [0.15, 0.2) is 18.2 Å². The molecule has 0 spiro atoms. The maximum absolute atomic E-state index is 14.5. The number of hydrogen-bond donors (Lipinski definition) is 2. The Kier molecular flexibility index (Phi) is 7.23. The van der Waals surface area contributed by atoms with Crippen molar-refractivity contribution < 1.29 is 23.5 Å². The molecule has 1 saturated heterocycles. The standard InChI is InChI=1S/C20H30FN3O4/c1-13(2)17(18(25)28-20(3,4)5)23-19(26)22-14-6-7-16(15(21)12-14)24-8-10-27-11-9-24/h6-7,12-13,17H,8-11H2,1-5H3,(H2,22,23,26)/t17-/m0/s1. The van der Waals surface area contributed by atoms with Gasteiger partial charge in [-0.15, -0.1) is 0 Å². The summed E-state index contributed by atoms with van der Waals surface area (Å²) in [4.78, 5) is 26.5. The van der Waals surface area contributed by atoms with Gasteiger partial charge >= 0.3 is 12.0 Å². The van der Waals surface area contributed by atoms with E-state index in [1.807, 2.05) is 18.7 Å². The van der Waals surface area contributed by atoms with Crippen molar-refractivity contribution in [3.8, 4) is 0 Å². The van der Waals surface area contributed by atoms with Gasteiger partial charge in [0, 0.05) is 18.8 Å². The molecule has 1 aliphatic rings. The molecule has 1 aromatic rings. The lowest BCUT2D eigenvalue weighted by Crippen LogP contribution is -2.48. The molecule has 0 unspecified atom stereocenters. The number of hydrogen-bond acceptors (Lipinski definition) is 5. The van der Waals surface area contributed by atoms with E-state index in [4.69, 9.17) is 9.47 Å². The van der Waals surface area contributed by atoms with Gasteiger partial charge in [0.25, 0.3) is 0 Å². The van der Waals surface area contributed by atoms with Crippen molar-refractivity contribution in [1.82, 2.24) is 5.32 Å². The molecule has 2 rings (SSSR count). The first kappa shape index (κ1) is 21.9. The fraction of sp³-hybridized carbons (Fsp3) is 0.600. The van der Waals surface area contributed by atoms with Gasteiger partial charge in [-0.3, -0.25) is 0 Å². The number of benzene rings is 1. The van der Waals surface area contributed by atoms with Crippen LogP contribution in [-0.4, -0.2) is 49.9 Å². The number of carbonyl (C=O) groups is 2. The van der Waals surface area contributed by atoms with E-state index in [0.29, 0.717) is 37.7 Å². The minimum atomic E-state index is -0.809. The first-order chi connectivity index (χ1) is 13.1. The van der Waals surface area contributed by atoms with E-state index in [9.17, 15) is 14.0 Å². The van der Waals surface area contributed by atoms with Gasteiger partial charge in [0.2, 0.25) is 0 Å². The SMILES string of the molecule is CC(C)[C@H](NC(=O)Nc1ccc(N2CCOCC2)c(F)c1)C(=O)OC(C)(C)C. The average molecular weight is 395 g/mol. The van der Waals surface area contributed by atoms with Crippen LogP contribution >= 0.6 is 0 Å². The summed E-state index contributed by atoms with van der Waals surface area (Å²) in [6.45, 7) is 11.3. The number of esters is 1. The first-order valence-corrected chi connectivity index (χ1v) is 9.49. The zero-order valence-electron chi connectivity index (χ0n) is 17.2. The van der Waals surface area contributed by atoms with Crippen LogP contribution in [0.1, 0.15) is 34.6 Å². The molecule has 8 heteroatoms. The predicted molar refractivity (Wildman–Crippen MR) is 106 cm³/mol. The molecule has 1 aromatic carbocycles. The second-order valence-corrected chi connectivity index (χ2v) is 8.12. The topological polar surface area (TPSA) is 79.9 Å². The molecule has 1 fully saturated rings. The molecule has 156 valence electrons. The Morgan fingerprint density at radius 1 is 1.21 bits per heavy atom. The van der Waals surface area contributed by atoms with Gasteiger partial charge in [-0.2, -0.15) is 0 Å². The van der Waals surface area contributed by atoms with Crippen molar-refractivity contribution >= 4 is 23.4 Å². The van der Waals surface area contributed by atoms with Crippen molar-refractivity contribution in [3.63, 3.8) is 0 Å². The summed E-state index contributed by atoms with van der Waals surface area (Å²) in [7, 11) is 0. The summed E-state index contributed by atoms with van der Waals surface area (Å²) in [5.74, 6) is -1.10. The highest BCUT2D eigenvalue weighted by atomic mass is 19.1. The number of ether oxygens (including phenoxy) is 2. The number of nitrogens with one attached hydrogen (secondary N) is 2. The molecule has 28 heavy (non-hydrogen) atoms. The van der Waals surface area contributed by atoms with Gasteiger partial charge in [-0.25, -0.2) is 14.0 Å². The molecule has 0 radical (unpaired) electrons. The van der Waals surface area contributed by atoms with E-state index < -0.39 is 29.5 Å². The third-order valence-corrected chi connectivity index (χ3v) is 4.17.